The number of nitrogens with two attached hydrogens (primary N) is 2. The minimum atomic E-state index is -0.646. The molecule has 6 heteroatoms. The van der Waals surface area contributed by atoms with Crippen LogP contribution < -0.4 is 16.8 Å². The standard InChI is InChI=1S/C15H22FN3OS/c1-21-15(5-3-2-4-6-15)9-19-13-7-10(14(18)20)12(17)8-11(13)16/h7-8,19H,2-6,9,17H2,1H3,(H2,18,20). The Bertz CT molecular complexity index is 530. The second kappa shape index (κ2) is 6.56. The van der Waals surface area contributed by atoms with Crippen LogP contribution in [-0.2, 0) is 0 Å². The molecule has 0 aliphatic heterocycles. The van der Waals surface area contributed by atoms with Crippen molar-refractivity contribution in [2.45, 2.75) is 36.9 Å². The third kappa shape index (κ3) is 3.61. The number of halogens is 1. The van der Waals surface area contributed by atoms with E-state index in [-0.39, 0.29) is 21.7 Å². The Morgan fingerprint density at radius 1 is 1.38 bits per heavy atom. The molecule has 116 valence electrons. The second-order valence-corrected chi connectivity index (χ2v) is 6.86. The van der Waals surface area contributed by atoms with E-state index in [0.717, 1.165) is 18.9 Å². The van der Waals surface area contributed by atoms with Crippen LogP contribution in [0.1, 0.15) is 42.5 Å². The number of hydrogen-bond acceptors (Lipinski definition) is 4. The van der Waals surface area contributed by atoms with Gasteiger partial charge in [0.2, 0.25) is 0 Å². The Morgan fingerprint density at radius 3 is 2.62 bits per heavy atom. The van der Waals surface area contributed by atoms with Crippen LogP contribution in [0.25, 0.3) is 0 Å². The van der Waals surface area contributed by atoms with E-state index >= 15 is 0 Å². The lowest BCUT2D eigenvalue weighted by Gasteiger charge is -2.36. The smallest absolute Gasteiger partial charge is 0.250 e. The van der Waals surface area contributed by atoms with Crippen LogP contribution in [0.5, 0.6) is 0 Å². The molecule has 0 radical (unpaired) electrons. The molecule has 1 fully saturated rings. The number of nitrogen functional groups attached to an aromatic ring is 1. The lowest BCUT2D eigenvalue weighted by atomic mass is 9.88. The first-order valence-corrected chi connectivity index (χ1v) is 8.38. The van der Waals surface area contributed by atoms with Crippen molar-refractivity contribution in [2.24, 2.45) is 5.73 Å². The average Bonchev–Trinajstić information content (AvgIpc) is 2.47. The fourth-order valence-electron chi connectivity index (χ4n) is 2.84. The zero-order valence-corrected chi connectivity index (χ0v) is 13.1. The quantitative estimate of drug-likeness (QED) is 0.730. The molecule has 1 aliphatic carbocycles. The molecule has 4 nitrogen and oxygen atoms in total. The van der Waals surface area contributed by atoms with Crippen LogP contribution >= 0.6 is 11.8 Å². The van der Waals surface area contributed by atoms with Gasteiger partial charge in [0.15, 0.2) is 0 Å². The van der Waals surface area contributed by atoms with Crippen LogP contribution in [0, 0.1) is 5.82 Å². The van der Waals surface area contributed by atoms with Crippen LogP contribution in [-0.4, -0.2) is 23.5 Å². The molecule has 1 saturated carbocycles. The van der Waals surface area contributed by atoms with Crippen molar-refractivity contribution >= 4 is 29.0 Å². The molecule has 2 rings (SSSR count). The summed E-state index contributed by atoms with van der Waals surface area (Å²) in [4.78, 5) is 11.3. The molecule has 0 bridgehead atoms. The predicted octanol–water partition coefficient (Wildman–Crippen LogP) is 2.98. The van der Waals surface area contributed by atoms with E-state index in [1.165, 1.54) is 25.3 Å². The third-order valence-corrected chi connectivity index (χ3v) is 5.62. The van der Waals surface area contributed by atoms with Gasteiger partial charge in [-0.3, -0.25) is 4.79 Å². The number of carbonyl (C=O) groups excluding carboxylic acids is 1. The van der Waals surface area contributed by atoms with E-state index < -0.39 is 11.7 Å². The summed E-state index contributed by atoms with van der Waals surface area (Å²) in [5.41, 5.74) is 11.4. The highest BCUT2D eigenvalue weighted by atomic mass is 32.2. The Hall–Kier alpha value is -1.43. The Labute approximate surface area is 128 Å². The summed E-state index contributed by atoms with van der Waals surface area (Å²) in [7, 11) is 0. The van der Waals surface area contributed by atoms with Gasteiger partial charge < -0.3 is 16.8 Å². The molecule has 1 amide bonds. The minimum absolute atomic E-state index is 0.0720. The SMILES string of the molecule is CSC1(CNc2cc(C(N)=O)c(N)cc2F)CCCCC1. The largest absolute Gasteiger partial charge is 0.398 e. The molecule has 0 aromatic heterocycles. The molecular formula is C15H22FN3OS. The Kier molecular flexibility index (Phi) is 4.98. The second-order valence-electron chi connectivity index (χ2n) is 5.58. The number of primary amides is 1. The zero-order chi connectivity index (χ0) is 15.5. The minimum Gasteiger partial charge on any atom is -0.398 e. The van der Waals surface area contributed by atoms with Gasteiger partial charge in [-0.05, 0) is 31.2 Å². The fraction of sp³-hybridized carbons (Fsp3) is 0.533. The molecular weight excluding hydrogens is 289 g/mol. The molecule has 0 atom stereocenters. The van der Waals surface area contributed by atoms with Crippen LogP contribution in [0.4, 0.5) is 15.8 Å². The van der Waals surface area contributed by atoms with Gasteiger partial charge in [0, 0.05) is 17.0 Å². The van der Waals surface area contributed by atoms with Gasteiger partial charge >= 0.3 is 0 Å². The normalized spacial score (nSPS) is 17.4. The van der Waals surface area contributed by atoms with Gasteiger partial charge in [0.25, 0.3) is 5.91 Å². The molecule has 5 N–H and O–H groups in total. The van der Waals surface area contributed by atoms with Crippen molar-refractivity contribution in [1.82, 2.24) is 0 Å². The number of carbonyl (C=O) groups is 1. The molecule has 1 aliphatic rings. The summed E-state index contributed by atoms with van der Waals surface area (Å²) < 4.78 is 14.1. The van der Waals surface area contributed by atoms with Crippen LogP contribution in [0.15, 0.2) is 12.1 Å². The maximum absolute atomic E-state index is 14.0. The van der Waals surface area contributed by atoms with E-state index in [1.54, 1.807) is 0 Å². The van der Waals surface area contributed by atoms with Gasteiger partial charge in [0.1, 0.15) is 5.82 Å². The fourth-order valence-corrected chi connectivity index (χ4v) is 3.76. The van der Waals surface area contributed by atoms with E-state index in [1.807, 2.05) is 11.8 Å². The molecule has 1 aromatic carbocycles. The number of nitrogens with one attached hydrogen (secondary N) is 1. The lowest BCUT2D eigenvalue weighted by Crippen LogP contribution is -2.35. The summed E-state index contributed by atoms with van der Waals surface area (Å²) in [6.45, 7) is 0.674. The summed E-state index contributed by atoms with van der Waals surface area (Å²) in [6.07, 6.45) is 8.03. The van der Waals surface area contributed by atoms with Gasteiger partial charge in [-0.2, -0.15) is 11.8 Å². The first kappa shape index (κ1) is 15.9. The highest BCUT2D eigenvalue weighted by Gasteiger charge is 2.31. The summed E-state index contributed by atoms with van der Waals surface area (Å²) >= 11 is 1.83. The number of rotatable bonds is 5. The van der Waals surface area contributed by atoms with Crippen molar-refractivity contribution in [3.05, 3.63) is 23.5 Å². The summed E-state index contributed by atoms with van der Waals surface area (Å²) in [5, 5.41) is 3.14. The van der Waals surface area contributed by atoms with Gasteiger partial charge in [-0.1, -0.05) is 19.3 Å². The van der Waals surface area contributed by atoms with E-state index in [0.29, 0.717) is 6.54 Å². The number of hydrogen-bond donors (Lipinski definition) is 3. The highest BCUT2D eigenvalue weighted by molar-refractivity contribution is 8.00. The Balaban J connectivity index is 2.15. The van der Waals surface area contributed by atoms with Crippen molar-refractivity contribution < 1.29 is 9.18 Å². The number of anilines is 2. The monoisotopic (exact) mass is 311 g/mol. The number of thioether (sulfide) groups is 1. The van der Waals surface area contributed by atoms with Gasteiger partial charge in [-0.25, -0.2) is 4.39 Å². The van der Waals surface area contributed by atoms with Gasteiger partial charge in [-0.15, -0.1) is 0 Å². The van der Waals surface area contributed by atoms with Crippen molar-refractivity contribution in [1.29, 1.82) is 0 Å². The molecule has 21 heavy (non-hydrogen) atoms. The summed E-state index contributed by atoms with van der Waals surface area (Å²) in [6, 6.07) is 2.55. The van der Waals surface area contributed by atoms with E-state index in [2.05, 4.69) is 11.6 Å². The molecule has 0 unspecified atom stereocenters. The summed E-state index contributed by atoms with van der Waals surface area (Å²) in [5.74, 6) is -1.10. The first-order chi connectivity index (χ1) is 9.97. The van der Waals surface area contributed by atoms with Gasteiger partial charge in [0.05, 0.1) is 11.3 Å². The highest BCUT2D eigenvalue weighted by Crippen LogP contribution is 2.39. The maximum Gasteiger partial charge on any atom is 0.250 e. The van der Waals surface area contributed by atoms with Crippen molar-refractivity contribution in [3.63, 3.8) is 0 Å². The lowest BCUT2D eigenvalue weighted by molar-refractivity contribution is 0.100. The maximum atomic E-state index is 14.0. The third-order valence-electron chi connectivity index (χ3n) is 4.20. The molecule has 0 heterocycles. The van der Waals surface area contributed by atoms with Crippen LogP contribution in [0.2, 0.25) is 0 Å². The first-order valence-electron chi connectivity index (χ1n) is 7.15. The molecule has 0 spiro atoms. The van der Waals surface area contributed by atoms with E-state index in [9.17, 15) is 9.18 Å². The molecule has 1 aromatic rings. The van der Waals surface area contributed by atoms with Crippen molar-refractivity contribution in [2.75, 3.05) is 23.9 Å². The topological polar surface area (TPSA) is 81.1 Å². The number of amides is 1. The Morgan fingerprint density at radius 2 is 2.05 bits per heavy atom. The zero-order valence-electron chi connectivity index (χ0n) is 12.2. The van der Waals surface area contributed by atoms with E-state index in [4.69, 9.17) is 11.5 Å². The average molecular weight is 311 g/mol. The predicted molar refractivity (Wildman–Crippen MR) is 87.2 cm³/mol. The van der Waals surface area contributed by atoms with Crippen LogP contribution in [0.3, 0.4) is 0 Å². The number of benzene rings is 1. The van der Waals surface area contributed by atoms with Crippen molar-refractivity contribution in [3.8, 4) is 0 Å². The molecule has 0 saturated heterocycles.